The van der Waals surface area contributed by atoms with Gasteiger partial charge < -0.3 is 4.74 Å². The molecule has 0 aliphatic rings. The van der Waals surface area contributed by atoms with E-state index >= 15 is 0 Å². The Morgan fingerprint density at radius 1 is 0.750 bits per heavy atom. The Labute approximate surface area is 156 Å². The highest BCUT2D eigenvalue weighted by Crippen LogP contribution is 2.14. The van der Waals surface area contributed by atoms with Crippen molar-refractivity contribution in [2.75, 3.05) is 12.4 Å². The highest BCUT2D eigenvalue weighted by Gasteiger charge is 2.00. The number of carbonyl (C=O) groups is 1. The molecule has 0 aromatic heterocycles. The maximum absolute atomic E-state index is 11.1. The number of ether oxygens (including phenoxy) is 1. The Hall–Kier alpha value is -0.180. The summed E-state index contributed by atoms with van der Waals surface area (Å²) in [6.07, 6.45) is 19.4. The van der Waals surface area contributed by atoms with Gasteiger partial charge in [-0.05, 0) is 12.3 Å². The zero-order chi connectivity index (χ0) is 17.9. The first-order valence-corrected chi connectivity index (χ1v) is 11.1. The Kier molecular flexibility index (Phi) is 19.0. The molecule has 0 heterocycles. The molecule has 0 aromatic rings. The summed E-state index contributed by atoms with van der Waals surface area (Å²) in [5, 5.41) is 0. The lowest BCUT2D eigenvalue weighted by Gasteiger charge is -2.05. The monoisotopic (exact) mass is 358 g/mol. The lowest BCUT2D eigenvalue weighted by atomic mass is 10.0. The maximum Gasteiger partial charge on any atom is 0.306 e. The minimum atomic E-state index is -0.107. The Balaban J connectivity index is 3.04. The average Bonchev–Trinajstić information content (AvgIpc) is 2.54. The Morgan fingerprint density at radius 2 is 1.17 bits per heavy atom. The van der Waals surface area contributed by atoms with Crippen LogP contribution in [0.5, 0.6) is 0 Å². The van der Waals surface area contributed by atoms with Gasteiger partial charge in [-0.25, -0.2) is 0 Å². The van der Waals surface area contributed by atoms with Gasteiger partial charge in [0.2, 0.25) is 0 Å². The third-order valence-electron chi connectivity index (χ3n) is 4.50. The standard InChI is InChI=1S/C21H42O2S/c1-20(2)16-14-12-10-8-6-4-3-5-7-9-11-13-15-18-23-21(22)17-19-24/h20,24H,3-19H2,1-2H3. The van der Waals surface area contributed by atoms with Crippen molar-refractivity contribution in [3.8, 4) is 0 Å². The van der Waals surface area contributed by atoms with E-state index in [2.05, 4.69) is 26.5 Å². The third-order valence-corrected chi connectivity index (χ3v) is 4.73. The number of hydrogen-bond acceptors (Lipinski definition) is 3. The van der Waals surface area contributed by atoms with Crippen molar-refractivity contribution in [3.05, 3.63) is 0 Å². The third kappa shape index (κ3) is 19.9. The fourth-order valence-corrected chi connectivity index (χ4v) is 3.13. The molecular weight excluding hydrogens is 316 g/mol. The van der Waals surface area contributed by atoms with Crippen LogP contribution in [0.2, 0.25) is 0 Å². The number of rotatable bonds is 18. The molecule has 0 rings (SSSR count). The average molecular weight is 359 g/mol. The fraction of sp³-hybridized carbons (Fsp3) is 0.952. The maximum atomic E-state index is 11.1. The molecule has 0 fully saturated rings. The van der Waals surface area contributed by atoms with Gasteiger partial charge in [-0.3, -0.25) is 4.79 Å². The van der Waals surface area contributed by atoms with E-state index in [1.165, 1.54) is 83.5 Å². The summed E-state index contributed by atoms with van der Waals surface area (Å²) >= 11 is 4.02. The summed E-state index contributed by atoms with van der Waals surface area (Å²) < 4.78 is 5.11. The smallest absolute Gasteiger partial charge is 0.306 e. The molecule has 0 N–H and O–H groups in total. The minimum Gasteiger partial charge on any atom is -0.466 e. The molecule has 0 spiro atoms. The van der Waals surface area contributed by atoms with Gasteiger partial charge in [0.1, 0.15) is 0 Å². The van der Waals surface area contributed by atoms with E-state index in [9.17, 15) is 4.79 Å². The predicted octanol–water partition coefficient (Wildman–Crippen LogP) is 6.97. The largest absolute Gasteiger partial charge is 0.466 e. The lowest BCUT2D eigenvalue weighted by molar-refractivity contribution is -0.143. The molecule has 24 heavy (non-hydrogen) atoms. The molecule has 0 aliphatic heterocycles. The van der Waals surface area contributed by atoms with Crippen LogP contribution in [0.25, 0.3) is 0 Å². The van der Waals surface area contributed by atoms with Gasteiger partial charge in [-0.15, -0.1) is 0 Å². The normalized spacial score (nSPS) is 11.2. The second-order valence-electron chi connectivity index (χ2n) is 7.47. The molecule has 0 radical (unpaired) electrons. The SMILES string of the molecule is CC(C)CCCCCCCCCCCCCCCOC(=O)CCS. The summed E-state index contributed by atoms with van der Waals surface area (Å²) in [5.41, 5.74) is 0. The van der Waals surface area contributed by atoms with Crippen molar-refractivity contribution >= 4 is 18.6 Å². The number of unbranched alkanes of at least 4 members (excludes halogenated alkanes) is 12. The molecule has 144 valence electrons. The van der Waals surface area contributed by atoms with Gasteiger partial charge in [0.15, 0.2) is 0 Å². The first-order chi connectivity index (χ1) is 11.7. The number of hydrogen-bond donors (Lipinski definition) is 1. The van der Waals surface area contributed by atoms with Gasteiger partial charge in [-0.2, -0.15) is 12.6 Å². The second kappa shape index (κ2) is 19.1. The number of esters is 1. The summed E-state index contributed by atoms with van der Waals surface area (Å²) in [4.78, 5) is 11.1. The van der Waals surface area contributed by atoms with Crippen molar-refractivity contribution in [1.29, 1.82) is 0 Å². The Bertz CT molecular complexity index is 267. The highest BCUT2D eigenvalue weighted by molar-refractivity contribution is 7.80. The van der Waals surface area contributed by atoms with Gasteiger partial charge in [0.25, 0.3) is 0 Å². The minimum absolute atomic E-state index is 0.107. The molecule has 0 saturated carbocycles. The van der Waals surface area contributed by atoms with Crippen molar-refractivity contribution < 1.29 is 9.53 Å². The first kappa shape index (κ1) is 23.8. The van der Waals surface area contributed by atoms with Crippen molar-refractivity contribution in [2.24, 2.45) is 5.92 Å². The van der Waals surface area contributed by atoms with Gasteiger partial charge >= 0.3 is 5.97 Å². The van der Waals surface area contributed by atoms with Gasteiger partial charge in [-0.1, -0.05) is 97.3 Å². The molecule has 0 aliphatic carbocycles. The molecule has 0 amide bonds. The number of carbonyl (C=O) groups excluding carboxylic acids is 1. The molecule has 2 nitrogen and oxygen atoms in total. The van der Waals surface area contributed by atoms with E-state index in [0.29, 0.717) is 18.8 Å². The van der Waals surface area contributed by atoms with Crippen molar-refractivity contribution in [3.63, 3.8) is 0 Å². The summed E-state index contributed by atoms with van der Waals surface area (Å²) in [7, 11) is 0. The zero-order valence-electron chi connectivity index (χ0n) is 16.4. The van der Waals surface area contributed by atoms with Gasteiger partial charge in [0.05, 0.1) is 13.0 Å². The van der Waals surface area contributed by atoms with Crippen LogP contribution in [0.15, 0.2) is 0 Å². The molecule has 0 bridgehead atoms. The highest BCUT2D eigenvalue weighted by atomic mass is 32.1. The molecule has 0 atom stereocenters. The van der Waals surface area contributed by atoms with Crippen molar-refractivity contribution in [1.82, 2.24) is 0 Å². The van der Waals surface area contributed by atoms with Crippen LogP contribution < -0.4 is 0 Å². The van der Waals surface area contributed by atoms with Crippen LogP contribution in [-0.2, 0) is 9.53 Å². The van der Waals surface area contributed by atoms with E-state index in [0.717, 1.165) is 12.3 Å². The molecule has 0 aromatic carbocycles. The fourth-order valence-electron chi connectivity index (χ4n) is 2.95. The lowest BCUT2D eigenvalue weighted by Crippen LogP contribution is -2.06. The molecule has 3 heteroatoms. The second-order valence-corrected chi connectivity index (χ2v) is 7.92. The zero-order valence-corrected chi connectivity index (χ0v) is 17.3. The predicted molar refractivity (Wildman–Crippen MR) is 109 cm³/mol. The quantitative estimate of drug-likeness (QED) is 0.163. The first-order valence-electron chi connectivity index (χ1n) is 10.4. The molecular formula is C21H42O2S. The van der Waals surface area contributed by atoms with Crippen molar-refractivity contribution in [2.45, 2.75) is 110 Å². The summed E-state index contributed by atoms with van der Waals surface area (Å²) in [6, 6.07) is 0. The van der Waals surface area contributed by atoms with E-state index in [1.54, 1.807) is 0 Å². The molecule has 0 saturated heterocycles. The van der Waals surface area contributed by atoms with E-state index in [4.69, 9.17) is 4.74 Å². The van der Waals surface area contributed by atoms with Crippen LogP contribution in [0.4, 0.5) is 0 Å². The van der Waals surface area contributed by atoms with Crippen LogP contribution in [0, 0.1) is 5.92 Å². The molecule has 0 unspecified atom stereocenters. The summed E-state index contributed by atoms with van der Waals surface area (Å²) in [5.74, 6) is 1.35. The van der Waals surface area contributed by atoms with E-state index in [-0.39, 0.29) is 5.97 Å². The van der Waals surface area contributed by atoms with Crippen LogP contribution in [0.3, 0.4) is 0 Å². The summed E-state index contributed by atoms with van der Waals surface area (Å²) in [6.45, 7) is 5.23. The Morgan fingerprint density at radius 3 is 1.58 bits per heavy atom. The van der Waals surface area contributed by atoms with Gasteiger partial charge in [0, 0.05) is 5.75 Å². The topological polar surface area (TPSA) is 26.3 Å². The van der Waals surface area contributed by atoms with E-state index in [1.807, 2.05) is 0 Å². The van der Waals surface area contributed by atoms with Crippen LogP contribution in [-0.4, -0.2) is 18.3 Å². The van der Waals surface area contributed by atoms with Crippen LogP contribution >= 0.6 is 12.6 Å². The number of thiol groups is 1. The van der Waals surface area contributed by atoms with E-state index < -0.39 is 0 Å². The van der Waals surface area contributed by atoms with Crippen LogP contribution in [0.1, 0.15) is 110 Å².